The van der Waals surface area contributed by atoms with E-state index in [9.17, 15) is 9.90 Å². The molecule has 0 amide bonds. The van der Waals surface area contributed by atoms with Gasteiger partial charge in [-0.3, -0.25) is 4.98 Å². The van der Waals surface area contributed by atoms with E-state index in [0.717, 1.165) is 21.8 Å². The third-order valence-electron chi connectivity index (χ3n) is 4.34. The lowest BCUT2D eigenvalue weighted by Crippen LogP contribution is -2.23. The van der Waals surface area contributed by atoms with Gasteiger partial charge in [-0.25, -0.2) is 4.79 Å². The van der Waals surface area contributed by atoms with E-state index in [1.807, 2.05) is 53.9 Å². The molecule has 25 heavy (non-hydrogen) atoms. The highest BCUT2D eigenvalue weighted by Crippen LogP contribution is 2.24. The quantitative estimate of drug-likeness (QED) is 0.568. The molecule has 1 atom stereocenters. The molecular weight excluding hydrogens is 318 g/mol. The van der Waals surface area contributed by atoms with Gasteiger partial charge in [0.05, 0.1) is 11.0 Å². The van der Waals surface area contributed by atoms with Crippen LogP contribution in [0.3, 0.4) is 0 Å². The maximum atomic E-state index is 11.3. The lowest BCUT2D eigenvalue weighted by molar-refractivity contribution is -0.151. The number of rotatable bonds is 5. The lowest BCUT2D eigenvalue weighted by atomic mass is 10.1. The second-order valence-corrected chi connectivity index (χ2v) is 5.96. The molecule has 0 spiro atoms. The first-order chi connectivity index (χ1) is 12.2. The van der Waals surface area contributed by atoms with Crippen LogP contribution in [-0.4, -0.2) is 26.6 Å². The van der Waals surface area contributed by atoms with Crippen LogP contribution in [0.1, 0.15) is 19.8 Å². The molecule has 1 unspecified atom stereocenters. The van der Waals surface area contributed by atoms with E-state index >= 15 is 0 Å². The summed E-state index contributed by atoms with van der Waals surface area (Å²) in [7, 11) is 0. The number of aromatic nitrogens is 2. The van der Waals surface area contributed by atoms with Crippen molar-refractivity contribution in [2.45, 2.75) is 25.9 Å². The predicted octanol–water partition coefficient (Wildman–Crippen LogP) is 3.16. The summed E-state index contributed by atoms with van der Waals surface area (Å²) in [5.74, 6) is -1.01. The molecule has 1 N–H and O–H groups in total. The van der Waals surface area contributed by atoms with Gasteiger partial charge in [-0.2, -0.15) is 0 Å². The van der Waals surface area contributed by atoms with Crippen LogP contribution >= 0.6 is 0 Å². The molecule has 0 aliphatic carbocycles. The molecule has 3 aromatic heterocycles. The minimum Gasteiger partial charge on any atom is -0.478 e. The van der Waals surface area contributed by atoms with Crippen molar-refractivity contribution in [3.63, 3.8) is 0 Å². The maximum absolute atomic E-state index is 11.3. The van der Waals surface area contributed by atoms with Crippen LogP contribution < -0.4 is 5.36 Å². The Kier molecular flexibility index (Phi) is 3.72. The maximum Gasteiger partial charge on any atom is 0.347 e. The molecule has 6 nitrogen and oxygen atoms in total. The Labute approximate surface area is 143 Å². The summed E-state index contributed by atoms with van der Waals surface area (Å²) in [5.41, 5.74) is 2.57. The van der Waals surface area contributed by atoms with Gasteiger partial charge in [-0.15, -0.1) is 0 Å². The Morgan fingerprint density at radius 1 is 1.28 bits per heavy atom. The van der Waals surface area contributed by atoms with Gasteiger partial charge >= 0.3 is 5.97 Å². The highest BCUT2D eigenvalue weighted by molar-refractivity contribution is 6.08. The lowest BCUT2D eigenvalue weighted by Gasteiger charge is -2.11. The molecular formula is C19H17N3O3. The van der Waals surface area contributed by atoms with Crippen LogP contribution in [0, 0.1) is 0 Å². The van der Waals surface area contributed by atoms with Gasteiger partial charge in [0.1, 0.15) is 5.52 Å². The summed E-state index contributed by atoms with van der Waals surface area (Å²) in [6, 6.07) is 11.9. The number of carboxylic acid groups (broad SMARTS) is 1. The molecule has 0 radical (unpaired) electrons. The zero-order valence-corrected chi connectivity index (χ0v) is 13.7. The molecule has 4 rings (SSSR count). The largest absolute Gasteiger partial charge is 0.478 e. The minimum atomic E-state index is -1.01. The summed E-state index contributed by atoms with van der Waals surface area (Å²) in [4.78, 5) is 21.2. The van der Waals surface area contributed by atoms with E-state index in [1.54, 1.807) is 6.20 Å². The summed E-state index contributed by atoms with van der Waals surface area (Å²) in [6.07, 6.45) is 3.83. The SMILES string of the molecule is CCCC(ON=c1c2nccc3cccc(c32)n2cccc12)C(=O)O. The molecule has 0 saturated heterocycles. The Hall–Kier alpha value is -3.15. The van der Waals surface area contributed by atoms with Crippen molar-refractivity contribution in [3.8, 4) is 0 Å². The van der Waals surface area contributed by atoms with Crippen molar-refractivity contribution < 1.29 is 14.7 Å². The van der Waals surface area contributed by atoms with Gasteiger partial charge in [-0.1, -0.05) is 30.6 Å². The van der Waals surface area contributed by atoms with Crippen LogP contribution in [-0.2, 0) is 9.63 Å². The number of nitrogens with zero attached hydrogens (tertiary/aromatic N) is 3. The van der Waals surface area contributed by atoms with Gasteiger partial charge in [0.25, 0.3) is 0 Å². The minimum absolute atomic E-state index is 0.404. The zero-order valence-electron chi connectivity index (χ0n) is 13.7. The summed E-state index contributed by atoms with van der Waals surface area (Å²) in [5, 5.41) is 16.1. The zero-order chi connectivity index (χ0) is 17.4. The van der Waals surface area contributed by atoms with Crippen molar-refractivity contribution in [3.05, 3.63) is 54.1 Å². The van der Waals surface area contributed by atoms with Crippen LogP contribution in [0.5, 0.6) is 0 Å². The Bertz CT molecular complexity index is 1130. The van der Waals surface area contributed by atoms with Crippen LogP contribution in [0.15, 0.2) is 53.9 Å². The second-order valence-electron chi connectivity index (χ2n) is 5.96. The van der Waals surface area contributed by atoms with Gasteiger partial charge in [0.2, 0.25) is 6.10 Å². The van der Waals surface area contributed by atoms with Gasteiger partial charge < -0.3 is 14.3 Å². The second kappa shape index (κ2) is 6.05. The topological polar surface area (TPSA) is 76.2 Å². The monoisotopic (exact) mass is 335 g/mol. The fourth-order valence-corrected chi connectivity index (χ4v) is 3.19. The third kappa shape index (κ3) is 2.46. The molecule has 0 fully saturated rings. The predicted molar refractivity (Wildman–Crippen MR) is 94.4 cm³/mol. The number of hydrogen-bond acceptors (Lipinski definition) is 4. The Morgan fingerprint density at radius 3 is 2.92 bits per heavy atom. The first-order valence-corrected chi connectivity index (χ1v) is 8.23. The third-order valence-corrected chi connectivity index (χ3v) is 4.34. The number of aliphatic carboxylic acids is 1. The van der Waals surface area contributed by atoms with Crippen molar-refractivity contribution in [2.75, 3.05) is 0 Å². The highest BCUT2D eigenvalue weighted by atomic mass is 16.6. The normalized spacial score (nSPS) is 13.7. The Balaban J connectivity index is 2.02. The van der Waals surface area contributed by atoms with Crippen molar-refractivity contribution in [2.24, 2.45) is 5.16 Å². The molecule has 3 heterocycles. The number of pyridine rings is 2. The fraction of sp³-hybridized carbons (Fsp3) is 0.211. The van der Waals surface area contributed by atoms with Gasteiger partial charge in [-0.05, 0) is 36.1 Å². The molecule has 6 heteroatoms. The van der Waals surface area contributed by atoms with E-state index in [4.69, 9.17) is 4.84 Å². The molecule has 4 aromatic rings. The first kappa shape index (κ1) is 15.4. The molecule has 126 valence electrons. The average Bonchev–Trinajstić information content (AvgIpc) is 3.10. The van der Waals surface area contributed by atoms with Gasteiger partial charge in [0, 0.05) is 17.8 Å². The van der Waals surface area contributed by atoms with Crippen molar-refractivity contribution in [1.82, 2.24) is 9.38 Å². The smallest absolute Gasteiger partial charge is 0.347 e. The van der Waals surface area contributed by atoms with E-state index < -0.39 is 12.1 Å². The number of benzene rings is 1. The summed E-state index contributed by atoms with van der Waals surface area (Å²) in [6.45, 7) is 1.91. The first-order valence-electron chi connectivity index (χ1n) is 8.23. The summed E-state index contributed by atoms with van der Waals surface area (Å²) >= 11 is 0. The highest BCUT2D eigenvalue weighted by Gasteiger charge is 2.18. The Morgan fingerprint density at radius 2 is 2.12 bits per heavy atom. The fourth-order valence-electron chi connectivity index (χ4n) is 3.19. The number of hydrogen-bond donors (Lipinski definition) is 1. The van der Waals surface area contributed by atoms with Crippen molar-refractivity contribution in [1.29, 1.82) is 0 Å². The standard InChI is InChI=1S/C19H17N3O3/c1-2-5-15(19(23)24)25-21-17-14-8-4-11-22(14)13-7-3-6-12-9-10-20-18(17)16(12)13/h3-4,6-11,15H,2,5H2,1H3,(H,23,24). The molecule has 1 aromatic carbocycles. The van der Waals surface area contributed by atoms with Crippen LogP contribution in [0.25, 0.3) is 27.3 Å². The van der Waals surface area contributed by atoms with Gasteiger partial charge in [0.15, 0.2) is 5.36 Å². The number of fused-ring (bicyclic) bond motifs is 2. The molecule has 0 aliphatic rings. The summed E-state index contributed by atoms with van der Waals surface area (Å²) < 4.78 is 2.02. The number of carbonyl (C=O) groups is 1. The van der Waals surface area contributed by atoms with Crippen LogP contribution in [0.4, 0.5) is 0 Å². The molecule has 0 saturated carbocycles. The van der Waals surface area contributed by atoms with E-state index in [1.165, 1.54) is 0 Å². The average molecular weight is 335 g/mol. The van der Waals surface area contributed by atoms with E-state index in [0.29, 0.717) is 23.7 Å². The van der Waals surface area contributed by atoms with E-state index in [-0.39, 0.29) is 0 Å². The molecule has 0 aliphatic heterocycles. The van der Waals surface area contributed by atoms with Crippen LogP contribution in [0.2, 0.25) is 0 Å². The van der Waals surface area contributed by atoms with E-state index in [2.05, 4.69) is 10.1 Å². The molecule has 0 bridgehead atoms. The van der Waals surface area contributed by atoms with Crippen molar-refractivity contribution >= 4 is 33.3 Å². The number of carboxylic acids is 1.